The summed E-state index contributed by atoms with van der Waals surface area (Å²) in [5.41, 5.74) is 1.26. The molecule has 1 heterocycles. The highest BCUT2D eigenvalue weighted by Gasteiger charge is 2.11. The van der Waals surface area contributed by atoms with Crippen LogP contribution in [-0.2, 0) is 4.79 Å². The molecule has 0 aliphatic carbocycles. The van der Waals surface area contributed by atoms with Gasteiger partial charge in [0.15, 0.2) is 0 Å². The standard InChI is InChI=1S/C22H16FN3O3S/c23-16-8-6-15(7-9-16)21-25-26-22(29-21)30-14-20(27)24-17-10-12-19(13-11-17)28-18-4-2-1-3-5-18/h1-13H,14H2,(H,24,27). The fourth-order valence-electron chi connectivity index (χ4n) is 2.53. The number of halogens is 1. The summed E-state index contributed by atoms with van der Waals surface area (Å²) in [7, 11) is 0. The number of benzene rings is 3. The molecular weight excluding hydrogens is 405 g/mol. The first-order valence-corrected chi connectivity index (χ1v) is 9.99. The average molecular weight is 421 g/mol. The minimum absolute atomic E-state index is 0.104. The number of thioether (sulfide) groups is 1. The number of para-hydroxylation sites is 1. The van der Waals surface area contributed by atoms with Gasteiger partial charge in [-0.15, -0.1) is 10.2 Å². The number of ether oxygens (including phenoxy) is 1. The van der Waals surface area contributed by atoms with Crippen LogP contribution in [0.15, 0.2) is 88.5 Å². The third-order valence-corrected chi connectivity index (χ3v) is 4.76. The van der Waals surface area contributed by atoms with Crippen molar-refractivity contribution in [2.75, 3.05) is 11.1 Å². The van der Waals surface area contributed by atoms with E-state index in [0.717, 1.165) is 17.5 Å². The fraction of sp³-hybridized carbons (Fsp3) is 0.0455. The van der Waals surface area contributed by atoms with Crippen LogP contribution in [0.4, 0.5) is 10.1 Å². The lowest BCUT2D eigenvalue weighted by Crippen LogP contribution is -2.13. The number of carbonyl (C=O) groups is 1. The lowest BCUT2D eigenvalue weighted by molar-refractivity contribution is -0.113. The van der Waals surface area contributed by atoms with Crippen LogP contribution in [0.5, 0.6) is 11.5 Å². The van der Waals surface area contributed by atoms with Crippen LogP contribution >= 0.6 is 11.8 Å². The lowest BCUT2D eigenvalue weighted by Gasteiger charge is -2.07. The number of hydrogen-bond donors (Lipinski definition) is 1. The number of nitrogens with one attached hydrogen (secondary N) is 1. The molecule has 6 nitrogen and oxygen atoms in total. The second kappa shape index (κ2) is 9.23. The van der Waals surface area contributed by atoms with Crippen LogP contribution in [-0.4, -0.2) is 21.9 Å². The molecule has 150 valence electrons. The Bertz CT molecular complexity index is 1120. The summed E-state index contributed by atoms with van der Waals surface area (Å²) >= 11 is 1.12. The Kier molecular flexibility index (Phi) is 6.05. The van der Waals surface area contributed by atoms with Gasteiger partial charge in [0, 0.05) is 11.3 Å². The minimum Gasteiger partial charge on any atom is -0.457 e. The molecule has 0 spiro atoms. The number of amides is 1. The maximum absolute atomic E-state index is 13.0. The number of anilines is 1. The zero-order chi connectivity index (χ0) is 20.8. The summed E-state index contributed by atoms with van der Waals surface area (Å²) < 4.78 is 24.2. The van der Waals surface area contributed by atoms with E-state index in [9.17, 15) is 9.18 Å². The van der Waals surface area contributed by atoms with E-state index in [1.807, 2.05) is 30.3 Å². The van der Waals surface area contributed by atoms with E-state index >= 15 is 0 Å². The largest absolute Gasteiger partial charge is 0.457 e. The quantitative estimate of drug-likeness (QED) is 0.403. The minimum atomic E-state index is -0.343. The second-order valence-corrected chi connectivity index (χ2v) is 7.08. The number of nitrogens with zero attached hydrogens (tertiary/aromatic N) is 2. The lowest BCUT2D eigenvalue weighted by atomic mass is 10.2. The second-order valence-electron chi connectivity index (χ2n) is 6.16. The molecule has 0 unspecified atom stereocenters. The van der Waals surface area contributed by atoms with E-state index in [0.29, 0.717) is 17.0 Å². The Morgan fingerprint density at radius 3 is 2.37 bits per heavy atom. The summed E-state index contributed by atoms with van der Waals surface area (Å²) in [5, 5.41) is 10.9. The van der Waals surface area contributed by atoms with Gasteiger partial charge in [-0.05, 0) is 60.7 Å². The SMILES string of the molecule is O=C(CSc1nnc(-c2ccc(F)cc2)o1)Nc1ccc(Oc2ccccc2)cc1. The monoisotopic (exact) mass is 421 g/mol. The van der Waals surface area contributed by atoms with Crippen LogP contribution in [0.2, 0.25) is 0 Å². The zero-order valence-electron chi connectivity index (χ0n) is 15.6. The van der Waals surface area contributed by atoms with Gasteiger partial charge in [0.1, 0.15) is 17.3 Å². The Balaban J connectivity index is 1.28. The molecule has 0 atom stereocenters. The third-order valence-electron chi connectivity index (χ3n) is 3.94. The van der Waals surface area contributed by atoms with Gasteiger partial charge in [-0.2, -0.15) is 0 Å². The van der Waals surface area contributed by atoms with Crippen LogP contribution in [0.1, 0.15) is 0 Å². The van der Waals surface area contributed by atoms with Crippen molar-refractivity contribution < 1.29 is 18.3 Å². The molecule has 0 aliphatic heterocycles. The van der Waals surface area contributed by atoms with Crippen molar-refractivity contribution in [3.05, 3.63) is 84.7 Å². The maximum atomic E-state index is 13.0. The van der Waals surface area contributed by atoms with Gasteiger partial charge < -0.3 is 14.5 Å². The van der Waals surface area contributed by atoms with Gasteiger partial charge in [0.05, 0.1) is 5.75 Å². The van der Waals surface area contributed by atoms with Crippen molar-refractivity contribution in [3.63, 3.8) is 0 Å². The van der Waals surface area contributed by atoms with Crippen molar-refractivity contribution in [2.45, 2.75) is 5.22 Å². The van der Waals surface area contributed by atoms with Gasteiger partial charge in [-0.3, -0.25) is 4.79 Å². The fourth-order valence-corrected chi connectivity index (χ4v) is 3.10. The Labute approximate surface area is 176 Å². The molecule has 1 amide bonds. The summed E-state index contributed by atoms with van der Waals surface area (Å²) in [4.78, 5) is 12.2. The molecule has 3 aromatic carbocycles. The van der Waals surface area contributed by atoms with Crippen molar-refractivity contribution >= 4 is 23.4 Å². The predicted octanol–water partition coefficient (Wildman–Crippen LogP) is 5.40. The number of rotatable bonds is 7. The number of aromatic nitrogens is 2. The molecule has 0 saturated heterocycles. The highest BCUT2D eigenvalue weighted by atomic mass is 32.2. The van der Waals surface area contributed by atoms with E-state index in [-0.39, 0.29) is 28.6 Å². The van der Waals surface area contributed by atoms with Crippen molar-refractivity contribution in [2.24, 2.45) is 0 Å². The summed E-state index contributed by atoms with van der Waals surface area (Å²) in [6.45, 7) is 0. The molecule has 1 N–H and O–H groups in total. The van der Waals surface area contributed by atoms with Gasteiger partial charge in [-0.1, -0.05) is 30.0 Å². The number of hydrogen-bond acceptors (Lipinski definition) is 6. The molecule has 0 bridgehead atoms. The molecule has 1 aromatic heterocycles. The van der Waals surface area contributed by atoms with E-state index in [2.05, 4.69) is 15.5 Å². The molecule has 0 aliphatic rings. The molecular formula is C22H16FN3O3S. The third kappa shape index (κ3) is 5.24. The van der Waals surface area contributed by atoms with Crippen LogP contribution < -0.4 is 10.1 Å². The van der Waals surface area contributed by atoms with E-state index < -0.39 is 0 Å². The molecule has 8 heteroatoms. The Morgan fingerprint density at radius 1 is 0.933 bits per heavy atom. The van der Waals surface area contributed by atoms with Crippen molar-refractivity contribution in [3.8, 4) is 23.0 Å². The average Bonchev–Trinajstić information content (AvgIpc) is 3.24. The van der Waals surface area contributed by atoms with Crippen LogP contribution in [0, 0.1) is 5.82 Å². The smallest absolute Gasteiger partial charge is 0.277 e. The van der Waals surface area contributed by atoms with Crippen LogP contribution in [0.25, 0.3) is 11.5 Å². The van der Waals surface area contributed by atoms with E-state index in [1.54, 1.807) is 36.4 Å². The van der Waals surface area contributed by atoms with Crippen molar-refractivity contribution in [1.82, 2.24) is 10.2 Å². The molecule has 0 fully saturated rings. The first kappa shape index (κ1) is 19.7. The van der Waals surface area contributed by atoms with E-state index in [1.165, 1.54) is 12.1 Å². The maximum Gasteiger partial charge on any atom is 0.277 e. The number of carbonyl (C=O) groups excluding carboxylic acids is 1. The topological polar surface area (TPSA) is 77.2 Å². The highest BCUT2D eigenvalue weighted by molar-refractivity contribution is 7.99. The van der Waals surface area contributed by atoms with Gasteiger partial charge in [0.2, 0.25) is 11.8 Å². The normalized spacial score (nSPS) is 10.6. The summed E-state index contributed by atoms with van der Waals surface area (Å²) in [6.07, 6.45) is 0. The molecule has 4 aromatic rings. The molecule has 30 heavy (non-hydrogen) atoms. The first-order valence-electron chi connectivity index (χ1n) is 9.01. The zero-order valence-corrected chi connectivity index (χ0v) is 16.4. The van der Waals surface area contributed by atoms with Crippen molar-refractivity contribution in [1.29, 1.82) is 0 Å². The highest BCUT2D eigenvalue weighted by Crippen LogP contribution is 2.25. The molecule has 0 saturated carbocycles. The Hall–Kier alpha value is -3.65. The van der Waals surface area contributed by atoms with Gasteiger partial charge >= 0.3 is 0 Å². The molecule has 4 rings (SSSR count). The summed E-state index contributed by atoms with van der Waals surface area (Å²) in [6, 6.07) is 22.3. The van der Waals surface area contributed by atoms with Crippen LogP contribution in [0.3, 0.4) is 0 Å². The van der Waals surface area contributed by atoms with Gasteiger partial charge in [0.25, 0.3) is 5.22 Å². The molecule has 0 radical (unpaired) electrons. The summed E-state index contributed by atoms with van der Waals surface area (Å²) in [5.74, 6) is 1.24. The predicted molar refractivity (Wildman–Crippen MR) is 112 cm³/mol. The Morgan fingerprint density at radius 2 is 1.63 bits per heavy atom. The first-order chi connectivity index (χ1) is 14.7. The van der Waals surface area contributed by atoms with Gasteiger partial charge in [-0.25, -0.2) is 4.39 Å². The van der Waals surface area contributed by atoms with E-state index in [4.69, 9.17) is 9.15 Å².